The molecule has 1 aliphatic rings. The van der Waals surface area contributed by atoms with Crippen molar-refractivity contribution < 1.29 is 9.59 Å². The van der Waals surface area contributed by atoms with Gasteiger partial charge in [-0.2, -0.15) is 0 Å². The Labute approximate surface area is 112 Å². The van der Waals surface area contributed by atoms with Gasteiger partial charge in [-0.25, -0.2) is 0 Å². The lowest BCUT2D eigenvalue weighted by Gasteiger charge is -2.26. The van der Waals surface area contributed by atoms with Crippen molar-refractivity contribution >= 4 is 17.5 Å². The van der Waals surface area contributed by atoms with Gasteiger partial charge in [0.1, 0.15) is 0 Å². The monoisotopic (exact) mass is 261 g/mol. The van der Waals surface area contributed by atoms with Crippen molar-refractivity contribution in [2.75, 3.05) is 18.4 Å². The molecule has 0 spiro atoms. The summed E-state index contributed by atoms with van der Waals surface area (Å²) in [5, 5.41) is 6.12. The molecule has 1 fully saturated rings. The fourth-order valence-electron chi connectivity index (χ4n) is 2.32. The van der Waals surface area contributed by atoms with Crippen LogP contribution in [0.4, 0.5) is 5.69 Å². The summed E-state index contributed by atoms with van der Waals surface area (Å²) in [5.41, 5.74) is 6.29. The topological polar surface area (TPSA) is 84.2 Å². The van der Waals surface area contributed by atoms with Crippen LogP contribution in [0.3, 0.4) is 0 Å². The second kappa shape index (κ2) is 5.84. The van der Waals surface area contributed by atoms with E-state index in [-0.39, 0.29) is 11.8 Å². The van der Waals surface area contributed by atoms with Gasteiger partial charge < -0.3 is 16.4 Å². The molecule has 1 aliphatic heterocycles. The van der Waals surface area contributed by atoms with E-state index in [4.69, 9.17) is 5.73 Å². The lowest BCUT2D eigenvalue weighted by Crippen LogP contribution is -2.40. The number of primary amides is 1. The summed E-state index contributed by atoms with van der Waals surface area (Å²) in [6.07, 6.45) is 0.901. The second-order valence-corrected chi connectivity index (χ2v) is 5.13. The maximum atomic E-state index is 12.1. The number of hydrogen-bond donors (Lipinski definition) is 3. The van der Waals surface area contributed by atoms with Crippen LogP contribution < -0.4 is 16.4 Å². The Hall–Kier alpha value is -1.88. The molecule has 2 atom stereocenters. The summed E-state index contributed by atoms with van der Waals surface area (Å²) < 4.78 is 0. The van der Waals surface area contributed by atoms with E-state index in [0.29, 0.717) is 17.2 Å². The van der Waals surface area contributed by atoms with Crippen LogP contribution in [0.5, 0.6) is 0 Å². The molecule has 5 heteroatoms. The van der Waals surface area contributed by atoms with Gasteiger partial charge in [0.25, 0.3) is 0 Å². The van der Waals surface area contributed by atoms with Gasteiger partial charge in [-0.05, 0) is 43.1 Å². The molecule has 0 aliphatic carbocycles. The number of hydrogen-bond acceptors (Lipinski definition) is 3. The van der Waals surface area contributed by atoms with Crippen LogP contribution in [-0.2, 0) is 4.79 Å². The summed E-state index contributed by atoms with van der Waals surface area (Å²) in [7, 11) is 0. The third kappa shape index (κ3) is 3.54. The van der Waals surface area contributed by atoms with E-state index >= 15 is 0 Å². The first-order chi connectivity index (χ1) is 9.06. The number of nitrogens with two attached hydrogens (primary N) is 1. The van der Waals surface area contributed by atoms with Crippen molar-refractivity contribution in [3.8, 4) is 0 Å². The number of amides is 2. The molecule has 2 rings (SSSR count). The fourth-order valence-corrected chi connectivity index (χ4v) is 2.32. The maximum absolute atomic E-state index is 12.1. The molecule has 1 saturated heterocycles. The standard InChI is InChI=1S/C14H19N3O2/c1-9-6-11(8-16-7-9)14(19)17-12-4-2-10(3-5-12)13(15)18/h2-5,9,11,16H,6-8H2,1H3,(H2,15,18)(H,17,19). The molecule has 2 unspecified atom stereocenters. The van der Waals surface area contributed by atoms with Crippen LogP contribution in [0.15, 0.2) is 24.3 Å². The summed E-state index contributed by atoms with van der Waals surface area (Å²) in [6.45, 7) is 3.82. The SMILES string of the molecule is CC1CNCC(C(=O)Nc2ccc(C(N)=O)cc2)C1. The number of piperidine rings is 1. The zero-order valence-corrected chi connectivity index (χ0v) is 11.0. The minimum Gasteiger partial charge on any atom is -0.366 e. The predicted octanol–water partition coefficient (Wildman–Crippen LogP) is 0.970. The number of nitrogens with one attached hydrogen (secondary N) is 2. The van der Waals surface area contributed by atoms with E-state index in [1.54, 1.807) is 24.3 Å². The van der Waals surface area contributed by atoms with Gasteiger partial charge in [-0.3, -0.25) is 9.59 Å². The first kappa shape index (κ1) is 13.5. The van der Waals surface area contributed by atoms with E-state index in [9.17, 15) is 9.59 Å². The quantitative estimate of drug-likeness (QED) is 0.758. The first-order valence-electron chi connectivity index (χ1n) is 6.47. The van der Waals surface area contributed by atoms with Crippen molar-refractivity contribution in [2.24, 2.45) is 17.6 Å². The second-order valence-electron chi connectivity index (χ2n) is 5.13. The van der Waals surface area contributed by atoms with Crippen molar-refractivity contribution in [2.45, 2.75) is 13.3 Å². The van der Waals surface area contributed by atoms with Crippen LogP contribution in [-0.4, -0.2) is 24.9 Å². The summed E-state index contributed by atoms with van der Waals surface area (Å²) in [4.78, 5) is 23.0. The van der Waals surface area contributed by atoms with Crippen LogP contribution in [0.1, 0.15) is 23.7 Å². The Kier molecular flexibility index (Phi) is 4.16. The molecule has 1 heterocycles. The van der Waals surface area contributed by atoms with E-state index in [1.807, 2.05) is 0 Å². The van der Waals surface area contributed by atoms with Gasteiger partial charge in [0.2, 0.25) is 11.8 Å². The number of carbonyl (C=O) groups excluding carboxylic acids is 2. The smallest absolute Gasteiger partial charge is 0.248 e. The van der Waals surface area contributed by atoms with Gasteiger partial charge in [-0.1, -0.05) is 6.92 Å². The van der Waals surface area contributed by atoms with E-state index < -0.39 is 5.91 Å². The molecule has 4 N–H and O–H groups in total. The highest BCUT2D eigenvalue weighted by molar-refractivity contribution is 5.95. The molecular formula is C14H19N3O2. The van der Waals surface area contributed by atoms with Crippen molar-refractivity contribution in [3.63, 3.8) is 0 Å². The number of benzene rings is 1. The molecule has 0 aromatic heterocycles. The Morgan fingerprint density at radius 1 is 1.26 bits per heavy atom. The molecule has 0 bridgehead atoms. The molecule has 0 radical (unpaired) electrons. The molecule has 1 aromatic carbocycles. The van der Waals surface area contributed by atoms with Crippen LogP contribution >= 0.6 is 0 Å². The largest absolute Gasteiger partial charge is 0.366 e. The molecule has 0 saturated carbocycles. The highest BCUT2D eigenvalue weighted by Crippen LogP contribution is 2.18. The molecular weight excluding hydrogens is 242 g/mol. The Balaban J connectivity index is 1.96. The van der Waals surface area contributed by atoms with Crippen molar-refractivity contribution in [3.05, 3.63) is 29.8 Å². The predicted molar refractivity (Wildman–Crippen MR) is 73.7 cm³/mol. The Morgan fingerprint density at radius 3 is 2.53 bits per heavy atom. The van der Waals surface area contributed by atoms with Crippen molar-refractivity contribution in [1.82, 2.24) is 5.32 Å². The van der Waals surface area contributed by atoms with Gasteiger partial charge in [0, 0.05) is 17.8 Å². The van der Waals surface area contributed by atoms with Crippen molar-refractivity contribution in [1.29, 1.82) is 0 Å². The zero-order chi connectivity index (χ0) is 13.8. The van der Waals surface area contributed by atoms with E-state index in [0.717, 1.165) is 19.5 Å². The van der Waals surface area contributed by atoms with Gasteiger partial charge in [-0.15, -0.1) is 0 Å². The molecule has 102 valence electrons. The highest BCUT2D eigenvalue weighted by atomic mass is 16.2. The summed E-state index contributed by atoms with van der Waals surface area (Å²) in [6, 6.07) is 6.61. The number of carbonyl (C=O) groups is 2. The molecule has 2 amide bonds. The van der Waals surface area contributed by atoms with Gasteiger partial charge in [0.05, 0.1) is 5.92 Å². The number of rotatable bonds is 3. The number of anilines is 1. The third-order valence-electron chi connectivity index (χ3n) is 3.38. The lowest BCUT2D eigenvalue weighted by atomic mass is 9.91. The third-order valence-corrected chi connectivity index (χ3v) is 3.38. The Morgan fingerprint density at radius 2 is 1.95 bits per heavy atom. The first-order valence-corrected chi connectivity index (χ1v) is 6.47. The molecule has 19 heavy (non-hydrogen) atoms. The average molecular weight is 261 g/mol. The zero-order valence-electron chi connectivity index (χ0n) is 11.0. The normalized spacial score (nSPS) is 22.8. The van der Waals surface area contributed by atoms with Gasteiger partial charge >= 0.3 is 0 Å². The maximum Gasteiger partial charge on any atom is 0.248 e. The summed E-state index contributed by atoms with van der Waals surface area (Å²) in [5.74, 6) is 0.0651. The van der Waals surface area contributed by atoms with E-state index in [2.05, 4.69) is 17.6 Å². The molecule has 5 nitrogen and oxygen atoms in total. The minimum absolute atomic E-state index is 0.000401. The minimum atomic E-state index is -0.469. The highest BCUT2D eigenvalue weighted by Gasteiger charge is 2.24. The van der Waals surface area contributed by atoms with Gasteiger partial charge in [0.15, 0.2) is 0 Å². The van der Waals surface area contributed by atoms with E-state index in [1.165, 1.54) is 0 Å². The molecule has 1 aromatic rings. The van der Waals surface area contributed by atoms with Crippen LogP contribution in [0, 0.1) is 11.8 Å². The average Bonchev–Trinajstić information content (AvgIpc) is 2.39. The van der Waals surface area contributed by atoms with Crippen LogP contribution in [0.2, 0.25) is 0 Å². The summed E-state index contributed by atoms with van der Waals surface area (Å²) >= 11 is 0. The lowest BCUT2D eigenvalue weighted by molar-refractivity contribution is -0.120. The fraction of sp³-hybridized carbons (Fsp3) is 0.429. The Bertz CT molecular complexity index is 470. The van der Waals surface area contributed by atoms with Crippen LogP contribution in [0.25, 0.3) is 0 Å².